The van der Waals surface area contributed by atoms with Crippen molar-refractivity contribution in [1.29, 1.82) is 0 Å². The van der Waals surface area contributed by atoms with Gasteiger partial charge in [0.25, 0.3) is 0 Å². The number of benzene rings is 2. The fourth-order valence-electron chi connectivity index (χ4n) is 5.21. The molecule has 0 bridgehead atoms. The number of rotatable bonds is 11. The lowest BCUT2D eigenvalue weighted by molar-refractivity contribution is -0.116. The molecule has 1 fully saturated rings. The summed E-state index contributed by atoms with van der Waals surface area (Å²) in [5.74, 6) is 2.28. The fraction of sp³-hybridized carbons (Fsp3) is 0.536. The molecule has 1 saturated carbocycles. The monoisotopic (exact) mass is 534 g/mol. The van der Waals surface area contributed by atoms with Gasteiger partial charge in [0, 0.05) is 37.0 Å². The quantitative estimate of drug-likeness (QED) is 0.361. The number of methoxy groups -OCH3 is 1. The van der Waals surface area contributed by atoms with Crippen LogP contribution < -0.4 is 14.4 Å². The molecular weight excluding hydrogens is 496 g/mol. The molecule has 4 rings (SSSR count). The Labute approximate surface area is 225 Å². The molecule has 2 aromatic rings. The standard InChI is InChI=1S/C28H38N2O4S.ClH/c1-21(32)30-25-11-6-7-12-27(25)35-28(30)24-19-23(33-2)13-14-26(24)34-18-8-15-29(16-17-31)20-22-9-4-3-5-10-22;/h6-7,11-14,19,22,28,31H,3-5,8-10,15-18,20H2,1-2H3;1H. The van der Waals surface area contributed by atoms with Crippen LogP contribution in [0.4, 0.5) is 5.69 Å². The molecule has 1 N–H and O–H groups in total. The van der Waals surface area contributed by atoms with E-state index >= 15 is 0 Å². The third-order valence-electron chi connectivity index (χ3n) is 6.95. The molecule has 8 heteroatoms. The molecule has 1 heterocycles. The molecule has 6 nitrogen and oxygen atoms in total. The van der Waals surface area contributed by atoms with Gasteiger partial charge in [-0.1, -0.05) is 43.2 Å². The highest BCUT2D eigenvalue weighted by Crippen LogP contribution is 2.53. The van der Waals surface area contributed by atoms with Crippen molar-refractivity contribution in [2.45, 2.75) is 55.7 Å². The summed E-state index contributed by atoms with van der Waals surface area (Å²) < 4.78 is 11.8. The Kier molecular flexibility index (Phi) is 11.2. The van der Waals surface area contributed by atoms with Crippen LogP contribution in [0.3, 0.4) is 0 Å². The first-order valence-corrected chi connectivity index (χ1v) is 13.7. The Bertz CT molecular complexity index is 986. The summed E-state index contributed by atoms with van der Waals surface area (Å²) in [6.45, 7) is 5.07. The van der Waals surface area contributed by atoms with Crippen LogP contribution in [0, 0.1) is 5.92 Å². The number of fused-ring (bicyclic) bond motifs is 1. The largest absolute Gasteiger partial charge is 0.497 e. The number of hydrogen-bond donors (Lipinski definition) is 1. The van der Waals surface area contributed by atoms with Gasteiger partial charge >= 0.3 is 0 Å². The molecule has 0 saturated heterocycles. The Morgan fingerprint density at radius 2 is 1.92 bits per heavy atom. The zero-order valence-corrected chi connectivity index (χ0v) is 23.0. The number of aliphatic hydroxyl groups is 1. The number of hydrogen-bond acceptors (Lipinski definition) is 6. The van der Waals surface area contributed by atoms with Gasteiger partial charge in [0.15, 0.2) is 0 Å². The van der Waals surface area contributed by atoms with Crippen molar-refractivity contribution < 1.29 is 19.4 Å². The maximum atomic E-state index is 12.6. The van der Waals surface area contributed by atoms with E-state index in [1.54, 1.807) is 25.8 Å². The van der Waals surface area contributed by atoms with Crippen LogP contribution in [-0.4, -0.2) is 55.9 Å². The van der Waals surface area contributed by atoms with Crippen molar-refractivity contribution >= 4 is 35.8 Å². The second kappa shape index (κ2) is 14.1. The van der Waals surface area contributed by atoms with Crippen LogP contribution in [0.5, 0.6) is 11.5 Å². The van der Waals surface area contributed by atoms with E-state index in [1.165, 1.54) is 32.1 Å². The van der Waals surface area contributed by atoms with Crippen LogP contribution in [0.2, 0.25) is 0 Å². The average Bonchev–Trinajstić information content (AvgIpc) is 3.27. The molecule has 1 atom stereocenters. The molecule has 198 valence electrons. The molecule has 2 aliphatic rings. The number of anilines is 1. The second-order valence-electron chi connectivity index (χ2n) is 9.46. The molecule has 0 radical (unpaired) electrons. The van der Waals surface area contributed by atoms with Crippen LogP contribution in [-0.2, 0) is 4.79 Å². The van der Waals surface area contributed by atoms with Crippen molar-refractivity contribution in [2.24, 2.45) is 5.92 Å². The number of nitrogens with zero attached hydrogens (tertiary/aromatic N) is 2. The van der Waals surface area contributed by atoms with Gasteiger partial charge in [0.05, 0.1) is 26.0 Å². The lowest BCUT2D eigenvalue weighted by Gasteiger charge is -2.29. The molecule has 1 aliphatic heterocycles. The number of aliphatic hydroxyl groups excluding tert-OH is 1. The highest BCUT2D eigenvalue weighted by atomic mass is 35.5. The summed E-state index contributed by atoms with van der Waals surface area (Å²) in [4.78, 5) is 17.9. The van der Waals surface area contributed by atoms with E-state index < -0.39 is 0 Å². The van der Waals surface area contributed by atoms with Crippen LogP contribution in [0.25, 0.3) is 0 Å². The van der Waals surface area contributed by atoms with Crippen molar-refractivity contribution in [3.8, 4) is 11.5 Å². The van der Waals surface area contributed by atoms with Crippen molar-refractivity contribution in [3.63, 3.8) is 0 Å². The predicted octanol–water partition coefficient (Wildman–Crippen LogP) is 5.92. The van der Waals surface area contributed by atoms with Crippen LogP contribution >= 0.6 is 24.2 Å². The van der Waals surface area contributed by atoms with Gasteiger partial charge in [0.2, 0.25) is 5.91 Å². The van der Waals surface area contributed by atoms with Crippen LogP contribution in [0.15, 0.2) is 47.4 Å². The van der Waals surface area contributed by atoms with Crippen molar-refractivity contribution in [2.75, 3.05) is 44.9 Å². The Balaban J connectivity index is 0.00000361. The Morgan fingerprint density at radius 1 is 1.14 bits per heavy atom. The van der Waals surface area contributed by atoms with Gasteiger partial charge in [-0.05, 0) is 55.5 Å². The SMILES string of the molecule is COc1ccc(OCCCN(CCO)CC2CCCCC2)c(C2Sc3ccccc3N2C(C)=O)c1.Cl. The van der Waals surface area contributed by atoms with E-state index in [9.17, 15) is 9.90 Å². The second-order valence-corrected chi connectivity index (χ2v) is 10.6. The van der Waals surface area contributed by atoms with Gasteiger partial charge in [0.1, 0.15) is 16.9 Å². The molecular formula is C28H39ClN2O4S. The summed E-state index contributed by atoms with van der Waals surface area (Å²) in [6, 6.07) is 13.8. The summed E-state index contributed by atoms with van der Waals surface area (Å²) in [5, 5.41) is 9.33. The van der Waals surface area contributed by atoms with E-state index in [0.717, 1.165) is 59.6 Å². The number of para-hydroxylation sites is 1. The zero-order valence-electron chi connectivity index (χ0n) is 21.4. The Hall–Kier alpha value is -1.93. The summed E-state index contributed by atoms with van der Waals surface area (Å²) in [7, 11) is 1.65. The minimum absolute atomic E-state index is 0. The highest BCUT2D eigenvalue weighted by molar-refractivity contribution is 8.00. The summed E-state index contributed by atoms with van der Waals surface area (Å²) in [6.07, 6.45) is 7.53. The molecule has 1 amide bonds. The molecule has 1 unspecified atom stereocenters. The van der Waals surface area contributed by atoms with Crippen molar-refractivity contribution in [3.05, 3.63) is 48.0 Å². The number of thioether (sulfide) groups is 1. The number of carbonyl (C=O) groups excluding carboxylic acids is 1. The first-order valence-electron chi connectivity index (χ1n) is 12.8. The topological polar surface area (TPSA) is 62.2 Å². The van der Waals surface area contributed by atoms with E-state index in [4.69, 9.17) is 9.47 Å². The molecule has 1 aliphatic carbocycles. The van der Waals surface area contributed by atoms with Gasteiger partial charge in [-0.2, -0.15) is 0 Å². The summed E-state index contributed by atoms with van der Waals surface area (Å²) in [5.41, 5.74) is 1.88. The predicted molar refractivity (Wildman–Crippen MR) is 149 cm³/mol. The average molecular weight is 535 g/mol. The van der Waals surface area contributed by atoms with E-state index in [-0.39, 0.29) is 30.3 Å². The van der Waals surface area contributed by atoms with E-state index in [0.29, 0.717) is 6.61 Å². The Morgan fingerprint density at radius 3 is 2.64 bits per heavy atom. The first-order chi connectivity index (χ1) is 17.1. The lowest BCUT2D eigenvalue weighted by atomic mass is 9.89. The summed E-state index contributed by atoms with van der Waals surface area (Å²) >= 11 is 1.66. The number of amides is 1. The first kappa shape index (κ1) is 28.6. The number of halogens is 1. The third-order valence-corrected chi connectivity index (χ3v) is 8.24. The van der Waals surface area contributed by atoms with E-state index in [2.05, 4.69) is 11.0 Å². The lowest BCUT2D eigenvalue weighted by Crippen LogP contribution is -2.34. The van der Waals surface area contributed by atoms with E-state index in [1.807, 2.05) is 41.3 Å². The van der Waals surface area contributed by atoms with Gasteiger partial charge < -0.3 is 19.5 Å². The van der Waals surface area contributed by atoms with Gasteiger partial charge in [-0.3, -0.25) is 9.69 Å². The van der Waals surface area contributed by atoms with Crippen LogP contribution in [0.1, 0.15) is 56.4 Å². The minimum Gasteiger partial charge on any atom is -0.497 e. The van der Waals surface area contributed by atoms with Gasteiger partial charge in [-0.25, -0.2) is 0 Å². The molecule has 2 aromatic carbocycles. The molecule has 0 spiro atoms. The smallest absolute Gasteiger partial charge is 0.225 e. The maximum Gasteiger partial charge on any atom is 0.225 e. The molecule has 0 aromatic heterocycles. The zero-order chi connectivity index (χ0) is 24.6. The maximum absolute atomic E-state index is 12.6. The number of ether oxygens (including phenoxy) is 2. The highest BCUT2D eigenvalue weighted by Gasteiger charge is 2.35. The van der Waals surface area contributed by atoms with Crippen molar-refractivity contribution in [1.82, 2.24) is 4.90 Å². The minimum atomic E-state index is -0.202. The number of carbonyl (C=O) groups is 1. The normalized spacial score (nSPS) is 17.6. The van der Waals surface area contributed by atoms with Gasteiger partial charge in [-0.15, -0.1) is 12.4 Å². The fourth-order valence-corrected chi connectivity index (χ4v) is 6.57. The molecule has 36 heavy (non-hydrogen) atoms. The third kappa shape index (κ3) is 7.09.